The molecule has 0 bridgehead atoms. The highest BCUT2D eigenvalue weighted by Gasteiger charge is 2.37. The third-order valence-electron chi connectivity index (χ3n) is 3.17. The summed E-state index contributed by atoms with van der Waals surface area (Å²) in [6.07, 6.45) is -5.56. The van der Waals surface area contributed by atoms with Crippen LogP contribution in [0.5, 0.6) is 0 Å². The van der Waals surface area contributed by atoms with E-state index in [2.05, 4.69) is 0 Å². The first-order chi connectivity index (χ1) is 11.5. The maximum Gasteiger partial charge on any atom is 0.418 e. The fourth-order valence-corrected chi connectivity index (χ4v) is 3.37. The molecule has 0 heterocycles. The minimum absolute atomic E-state index is 0.259. The highest BCUT2D eigenvalue weighted by Crippen LogP contribution is 2.38. The van der Waals surface area contributed by atoms with Gasteiger partial charge in [-0.2, -0.15) is 13.2 Å². The molecular formula is C15H12ClF3N2O3S. The van der Waals surface area contributed by atoms with E-state index in [1.807, 2.05) is 4.72 Å². The van der Waals surface area contributed by atoms with Gasteiger partial charge in [0.15, 0.2) is 0 Å². The molecule has 0 fully saturated rings. The lowest BCUT2D eigenvalue weighted by Crippen LogP contribution is -2.21. The lowest BCUT2D eigenvalue weighted by Gasteiger charge is -2.18. The minimum atomic E-state index is -4.89. The first-order valence-corrected chi connectivity index (χ1v) is 8.62. The number of alkyl halides is 3. The SMILES string of the molecule is NC(=O)Cc1cccc(NS(=O)(=O)c2ccc(Cl)cc2)c1C(F)(F)F. The van der Waals surface area contributed by atoms with Crippen molar-refractivity contribution in [2.24, 2.45) is 5.73 Å². The second-order valence-electron chi connectivity index (χ2n) is 5.04. The Balaban J connectivity index is 2.52. The van der Waals surface area contributed by atoms with Crippen molar-refractivity contribution in [2.75, 3.05) is 4.72 Å². The van der Waals surface area contributed by atoms with E-state index in [0.29, 0.717) is 0 Å². The smallest absolute Gasteiger partial charge is 0.369 e. The van der Waals surface area contributed by atoms with Crippen LogP contribution >= 0.6 is 11.6 Å². The van der Waals surface area contributed by atoms with Crippen LogP contribution in [0.3, 0.4) is 0 Å². The molecule has 0 unspecified atom stereocenters. The molecule has 3 N–H and O–H groups in total. The molecule has 0 saturated heterocycles. The van der Waals surface area contributed by atoms with Crippen molar-refractivity contribution in [1.82, 2.24) is 0 Å². The number of halogens is 4. The molecule has 5 nitrogen and oxygen atoms in total. The molecule has 0 aliphatic heterocycles. The molecule has 25 heavy (non-hydrogen) atoms. The summed E-state index contributed by atoms with van der Waals surface area (Å²) in [5.74, 6) is -0.969. The van der Waals surface area contributed by atoms with Crippen LogP contribution in [-0.4, -0.2) is 14.3 Å². The lowest BCUT2D eigenvalue weighted by atomic mass is 10.0. The predicted octanol–water partition coefficient (Wildman–Crippen LogP) is 3.19. The van der Waals surface area contributed by atoms with Crippen molar-refractivity contribution in [3.8, 4) is 0 Å². The van der Waals surface area contributed by atoms with Gasteiger partial charge in [-0.3, -0.25) is 9.52 Å². The van der Waals surface area contributed by atoms with E-state index in [4.69, 9.17) is 17.3 Å². The summed E-state index contributed by atoms with van der Waals surface area (Å²) in [5.41, 5.74) is 2.59. The van der Waals surface area contributed by atoms with Crippen molar-refractivity contribution < 1.29 is 26.4 Å². The van der Waals surface area contributed by atoms with Crippen molar-refractivity contribution in [3.63, 3.8) is 0 Å². The largest absolute Gasteiger partial charge is 0.418 e. The van der Waals surface area contributed by atoms with E-state index in [1.165, 1.54) is 18.2 Å². The Bertz CT molecular complexity index is 897. The van der Waals surface area contributed by atoms with Gasteiger partial charge in [0.05, 0.1) is 22.6 Å². The molecule has 10 heteroatoms. The molecule has 0 aromatic heterocycles. The first kappa shape index (κ1) is 19.1. The van der Waals surface area contributed by atoms with Gasteiger partial charge in [-0.15, -0.1) is 0 Å². The van der Waals surface area contributed by atoms with Crippen molar-refractivity contribution in [3.05, 3.63) is 58.6 Å². The molecule has 0 radical (unpaired) electrons. The average molecular weight is 393 g/mol. The van der Waals surface area contributed by atoms with Crippen LogP contribution in [0, 0.1) is 0 Å². The molecule has 134 valence electrons. The van der Waals surface area contributed by atoms with Gasteiger partial charge in [0.1, 0.15) is 0 Å². The number of nitrogens with two attached hydrogens (primary N) is 1. The van der Waals surface area contributed by atoms with Crippen LogP contribution in [0.1, 0.15) is 11.1 Å². The average Bonchev–Trinajstić information content (AvgIpc) is 2.45. The molecule has 2 aromatic rings. The number of benzene rings is 2. The highest BCUT2D eigenvalue weighted by molar-refractivity contribution is 7.92. The Hall–Kier alpha value is -2.26. The van der Waals surface area contributed by atoms with Gasteiger partial charge in [-0.25, -0.2) is 8.42 Å². The van der Waals surface area contributed by atoms with E-state index >= 15 is 0 Å². The van der Waals surface area contributed by atoms with Gasteiger partial charge in [0.2, 0.25) is 5.91 Å². The maximum absolute atomic E-state index is 13.4. The molecule has 2 rings (SSSR count). The summed E-state index contributed by atoms with van der Waals surface area (Å²) in [7, 11) is -4.28. The number of amides is 1. The van der Waals surface area contributed by atoms with E-state index in [1.54, 1.807) is 0 Å². The van der Waals surface area contributed by atoms with Crippen LogP contribution in [0.15, 0.2) is 47.4 Å². The zero-order chi connectivity index (χ0) is 18.8. The van der Waals surface area contributed by atoms with E-state index in [-0.39, 0.29) is 9.92 Å². The van der Waals surface area contributed by atoms with Crippen LogP contribution in [0.2, 0.25) is 5.02 Å². The van der Waals surface area contributed by atoms with Crippen molar-refractivity contribution in [1.29, 1.82) is 0 Å². The predicted molar refractivity (Wildman–Crippen MR) is 86.6 cm³/mol. The number of rotatable bonds is 5. The van der Waals surface area contributed by atoms with Gasteiger partial charge in [-0.1, -0.05) is 23.7 Å². The fraction of sp³-hybridized carbons (Fsp3) is 0.133. The third-order valence-corrected chi connectivity index (χ3v) is 4.80. The van der Waals surface area contributed by atoms with Crippen LogP contribution in [-0.2, 0) is 27.4 Å². The molecule has 0 saturated carbocycles. The molecule has 0 spiro atoms. The summed E-state index contributed by atoms with van der Waals surface area (Å²) in [6, 6.07) is 8.13. The van der Waals surface area contributed by atoms with Gasteiger partial charge < -0.3 is 5.73 Å². The Labute approximate surface area is 146 Å². The van der Waals surface area contributed by atoms with E-state index in [9.17, 15) is 26.4 Å². The summed E-state index contributed by atoms with van der Waals surface area (Å²) >= 11 is 5.67. The van der Waals surface area contributed by atoms with E-state index in [0.717, 1.165) is 24.3 Å². The van der Waals surface area contributed by atoms with Gasteiger partial charge in [-0.05, 0) is 35.9 Å². The Morgan fingerprint density at radius 1 is 1.12 bits per heavy atom. The number of hydrogen-bond acceptors (Lipinski definition) is 3. The van der Waals surface area contributed by atoms with Crippen molar-refractivity contribution >= 4 is 33.2 Å². The number of sulfonamides is 1. The summed E-state index contributed by atoms with van der Waals surface area (Å²) in [5, 5.41) is 0.276. The van der Waals surface area contributed by atoms with Crippen LogP contribution < -0.4 is 10.5 Å². The van der Waals surface area contributed by atoms with E-state index < -0.39 is 45.3 Å². The number of primary amides is 1. The summed E-state index contributed by atoms with van der Waals surface area (Å²) in [6.45, 7) is 0. The standard InChI is InChI=1S/C15H12ClF3N2O3S/c16-10-4-6-11(7-5-10)25(23,24)21-12-3-1-2-9(8-13(20)22)14(12)15(17,18)19/h1-7,21H,8H2,(H2,20,22). The number of carbonyl (C=O) groups is 1. The number of hydrogen-bond donors (Lipinski definition) is 2. The lowest BCUT2D eigenvalue weighted by molar-refractivity contribution is -0.137. The van der Waals surface area contributed by atoms with Crippen molar-refractivity contribution in [2.45, 2.75) is 17.5 Å². The third kappa shape index (κ3) is 4.64. The molecule has 2 aromatic carbocycles. The molecular weight excluding hydrogens is 381 g/mol. The zero-order valence-corrected chi connectivity index (χ0v) is 14.0. The number of nitrogens with one attached hydrogen (secondary N) is 1. The van der Waals surface area contributed by atoms with Crippen LogP contribution in [0.4, 0.5) is 18.9 Å². The van der Waals surface area contributed by atoms with Gasteiger partial charge in [0.25, 0.3) is 10.0 Å². The summed E-state index contributed by atoms with van der Waals surface area (Å²) in [4.78, 5) is 10.7. The number of anilines is 1. The Morgan fingerprint density at radius 2 is 1.72 bits per heavy atom. The maximum atomic E-state index is 13.4. The quantitative estimate of drug-likeness (QED) is 0.818. The molecule has 0 atom stereocenters. The highest BCUT2D eigenvalue weighted by atomic mass is 35.5. The minimum Gasteiger partial charge on any atom is -0.369 e. The monoisotopic (exact) mass is 392 g/mol. The fourth-order valence-electron chi connectivity index (χ4n) is 2.17. The summed E-state index contributed by atoms with van der Waals surface area (Å²) < 4.78 is 66.7. The second-order valence-corrected chi connectivity index (χ2v) is 7.16. The zero-order valence-electron chi connectivity index (χ0n) is 12.5. The second kappa shape index (κ2) is 6.93. The topological polar surface area (TPSA) is 89.3 Å². The molecule has 0 aliphatic rings. The first-order valence-electron chi connectivity index (χ1n) is 6.76. The number of carbonyl (C=O) groups excluding carboxylic acids is 1. The Kier molecular flexibility index (Phi) is 5.28. The van der Waals surface area contributed by atoms with Gasteiger partial charge >= 0.3 is 6.18 Å². The Morgan fingerprint density at radius 3 is 2.24 bits per heavy atom. The molecule has 0 aliphatic carbocycles. The normalized spacial score (nSPS) is 12.0. The molecule has 1 amide bonds. The van der Waals surface area contributed by atoms with Crippen LogP contribution in [0.25, 0.3) is 0 Å². The van der Waals surface area contributed by atoms with Gasteiger partial charge in [0, 0.05) is 5.02 Å².